The second-order valence-corrected chi connectivity index (χ2v) is 8.43. The van der Waals surface area contributed by atoms with Crippen molar-refractivity contribution >= 4 is 45.9 Å². The Morgan fingerprint density at radius 1 is 1.12 bits per heavy atom. The molecule has 4 rings (SSSR count). The molecule has 0 spiro atoms. The Balaban J connectivity index is 1.77. The van der Waals surface area contributed by atoms with Crippen LogP contribution in [-0.4, -0.2) is 27.8 Å². The molecule has 0 fully saturated rings. The van der Waals surface area contributed by atoms with Crippen LogP contribution in [0.3, 0.4) is 0 Å². The summed E-state index contributed by atoms with van der Waals surface area (Å²) >= 11 is 6.93. The molecule has 0 aliphatic heterocycles. The Labute approximate surface area is 202 Å². The highest BCUT2D eigenvalue weighted by molar-refractivity contribution is 7.99. The molecule has 1 amide bonds. The number of carbonyl (C=O) groups excluding carboxylic acids is 1. The third-order valence-corrected chi connectivity index (χ3v) is 6.03. The SMILES string of the molecule is N#CCN(C(=O)CSc1nc2ccc(Cl)cc2c(=O)n1-c1ccc(F)cc1F)c1ccccc1. The van der Waals surface area contributed by atoms with Crippen molar-refractivity contribution in [2.45, 2.75) is 5.16 Å². The zero-order valence-electron chi connectivity index (χ0n) is 17.4. The van der Waals surface area contributed by atoms with Crippen LogP contribution in [0.2, 0.25) is 5.02 Å². The van der Waals surface area contributed by atoms with E-state index < -0.39 is 23.1 Å². The lowest BCUT2D eigenvalue weighted by molar-refractivity contribution is -0.116. The minimum absolute atomic E-state index is 0.0312. The van der Waals surface area contributed by atoms with Crippen molar-refractivity contribution in [2.24, 2.45) is 0 Å². The quantitative estimate of drug-likeness (QED) is 0.214. The van der Waals surface area contributed by atoms with Gasteiger partial charge in [0.15, 0.2) is 5.16 Å². The van der Waals surface area contributed by atoms with Crippen molar-refractivity contribution in [3.63, 3.8) is 0 Å². The summed E-state index contributed by atoms with van der Waals surface area (Å²) in [5.41, 5.74) is 0.00959. The number of thioether (sulfide) groups is 1. The summed E-state index contributed by atoms with van der Waals surface area (Å²) in [6.45, 7) is -0.174. The van der Waals surface area contributed by atoms with E-state index in [1.165, 1.54) is 11.0 Å². The maximum absolute atomic E-state index is 14.7. The van der Waals surface area contributed by atoms with E-state index in [2.05, 4.69) is 4.98 Å². The van der Waals surface area contributed by atoms with Crippen LogP contribution in [0.4, 0.5) is 14.5 Å². The number of halogens is 3. The maximum atomic E-state index is 14.7. The van der Waals surface area contributed by atoms with Gasteiger partial charge in [-0.15, -0.1) is 0 Å². The molecular formula is C24H15ClF2N4O2S. The van der Waals surface area contributed by atoms with Gasteiger partial charge in [0, 0.05) is 16.8 Å². The van der Waals surface area contributed by atoms with Crippen LogP contribution in [0.15, 0.2) is 76.7 Å². The molecule has 0 bridgehead atoms. The molecule has 10 heteroatoms. The van der Waals surface area contributed by atoms with E-state index in [0.29, 0.717) is 22.3 Å². The van der Waals surface area contributed by atoms with E-state index in [4.69, 9.17) is 16.9 Å². The predicted molar refractivity (Wildman–Crippen MR) is 127 cm³/mol. The lowest BCUT2D eigenvalue weighted by Gasteiger charge is -2.20. The number of aromatic nitrogens is 2. The molecule has 6 nitrogen and oxygen atoms in total. The minimum Gasteiger partial charge on any atom is -0.298 e. The van der Waals surface area contributed by atoms with Gasteiger partial charge < -0.3 is 0 Å². The van der Waals surface area contributed by atoms with E-state index in [9.17, 15) is 18.4 Å². The average Bonchev–Trinajstić information content (AvgIpc) is 2.83. The number of nitrogens with zero attached hydrogens (tertiary/aromatic N) is 4. The third-order valence-electron chi connectivity index (χ3n) is 4.87. The average molecular weight is 497 g/mol. The normalized spacial score (nSPS) is 10.8. The molecule has 1 aromatic heterocycles. The first-order chi connectivity index (χ1) is 16.4. The molecular weight excluding hydrogens is 482 g/mol. The van der Waals surface area contributed by atoms with Gasteiger partial charge in [-0.2, -0.15) is 5.26 Å². The summed E-state index contributed by atoms with van der Waals surface area (Å²) in [6.07, 6.45) is 0. The highest BCUT2D eigenvalue weighted by Crippen LogP contribution is 2.25. The number of hydrogen-bond acceptors (Lipinski definition) is 5. The molecule has 0 aliphatic rings. The summed E-state index contributed by atoms with van der Waals surface area (Å²) in [6, 6.07) is 17.9. The standard InChI is InChI=1S/C24H15ClF2N4O2S/c25-15-6-8-20-18(12-15)23(33)31(21-9-7-16(26)13-19(21)27)24(29-20)34-14-22(32)30(11-10-28)17-4-2-1-3-5-17/h1-9,12-13H,11,14H2. The number of rotatable bonds is 6. The highest BCUT2D eigenvalue weighted by Gasteiger charge is 2.20. The summed E-state index contributed by atoms with van der Waals surface area (Å²) in [4.78, 5) is 32.0. The highest BCUT2D eigenvalue weighted by atomic mass is 35.5. The molecule has 4 aromatic rings. The first-order valence-electron chi connectivity index (χ1n) is 9.92. The van der Waals surface area contributed by atoms with Crippen molar-refractivity contribution in [1.82, 2.24) is 9.55 Å². The first-order valence-corrected chi connectivity index (χ1v) is 11.3. The summed E-state index contributed by atoms with van der Waals surface area (Å²) in [5, 5.41) is 9.63. The third kappa shape index (κ3) is 4.78. The molecule has 0 radical (unpaired) electrons. The lowest BCUT2D eigenvalue weighted by Crippen LogP contribution is -2.33. The van der Waals surface area contributed by atoms with Gasteiger partial charge in [0.1, 0.15) is 18.2 Å². The van der Waals surface area contributed by atoms with Gasteiger partial charge in [-0.05, 0) is 42.5 Å². The van der Waals surface area contributed by atoms with Crippen molar-refractivity contribution in [3.05, 3.63) is 93.7 Å². The van der Waals surface area contributed by atoms with E-state index in [0.717, 1.165) is 28.5 Å². The molecule has 170 valence electrons. The zero-order chi connectivity index (χ0) is 24.2. The molecule has 0 unspecified atom stereocenters. The number of hydrogen-bond donors (Lipinski definition) is 0. The summed E-state index contributed by atoms with van der Waals surface area (Å²) < 4.78 is 29.1. The number of carbonyl (C=O) groups is 1. The Kier molecular flexibility index (Phi) is 6.91. The van der Waals surface area contributed by atoms with Crippen molar-refractivity contribution < 1.29 is 13.6 Å². The van der Waals surface area contributed by atoms with E-state index >= 15 is 0 Å². The number of nitriles is 1. The molecule has 0 atom stereocenters. The van der Waals surface area contributed by atoms with Crippen LogP contribution in [0.25, 0.3) is 16.6 Å². The predicted octanol–water partition coefficient (Wildman–Crippen LogP) is 4.97. The number of anilines is 1. The lowest BCUT2D eigenvalue weighted by atomic mass is 10.2. The second kappa shape index (κ2) is 10.0. The Morgan fingerprint density at radius 3 is 2.59 bits per heavy atom. The Bertz CT molecular complexity index is 1490. The first kappa shape index (κ1) is 23.4. The summed E-state index contributed by atoms with van der Waals surface area (Å²) in [5.74, 6) is -2.36. The number of amides is 1. The van der Waals surface area contributed by atoms with Crippen molar-refractivity contribution in [2.75, 3.05) is 17.2 Å². The number of benzene rings is 3. The van der Waals surface area contributed by atoms with Gasteiger partial charge in [-0.1, -0.05) is 41.6 Å². The molecule has 1 heterocycles. The van der Waals surface area contributed by atoms with Gasteiger partial charge in [0.05, 0.1) is 28.4 Å². The summed E-state index contributed by atoms with van der Waals surface area (Å²) in [7, 11) is 0. The van der Waals surface area contributed by atoms with Crippen molar-refractivity contribution in [1.29, 1.82) is 5.26 Å². The monoisotopic (exact) mass is 496 g/mol. The smallest absolute Gasteiger partial charge is 0.266 e. The van der Waals surface area contributed by atoms with Crippen LogP contribution in [0.5, 0.6) is 0 Å². The second-order valence-electron chi connectivity index (χ2n) is 7.05. The van der Waals surface area contributed by atoms with Crippen molar-refractivity contribution in [3.8, 4) is 11.8 Å². The fourth-order valence-electron chi connectivity index (χ4n) is 3.32. The largest absolute Gasteiger partial charge is 0.298 e. The minimum atomic E-state index is -0.964. The molecule has 34 heavy (non-hydrogen) atoms. The number of para-hydroxylation sites is 1. The Morgan fingerprint density at radius 2 is 1.88 bits per heavy atom. The van der Waals surface area contributed by atoms with E-state index in [1.54, 1.807) is 42.5 Å². The fourth-order valence-corrected chi connectivity index (χ4v) is 4.37. The molecule has 0 saturated heterocycles. The van der Waals surface area contributed by atoms with Gasteiger partial charge in [0.2, 0.25) is 5.91 Å². The van der Waals surface area contributed by atoms with Crippen LogP contribution < -0.4 is 10.5 Å². The van der Waals surface area contributed by atoms with Gasteiger partial charge >= 0.3 is 0 Å². The maximum Gasteiger partial charge on any atom is 0.266 e. The molecule has 0 N–H and O–H groups in total. The molecule has 3 aromatic carbocycles. The zero-order valence-corrected chi connectivity index (χ0v) is 19.0. The van der Waals surface area contributed by atoms with Crippen LogP contribution >= 0.6 is 23.4 Å². The molecule has 0 saturated carbocycles. The Hall–Kier alpha value is -3.74. The van der Waals surface area contributed by atoms with Crippen LogP contribution in [0.1, 0.15) is 0 Å². The van der Waals surface area contributed by atoms with Gasteiger partial charge in [0.25, 0.3) is 5.56 Å². The topological polar surface area (TPSA) is 79.0 Å². The van der Waals surface area contributed by atoms with Gasteiger partial charge in [-0.3, -0.25) is 19.1 Å². The van der Waals surface area contributed by atoms with Gasteiger partial charge in [-0.25, -0.2) is 13.8 Å². The van der Waals surface area contributed by atoms with E-state index in [-0.39, 0.29) is 28.5 Å². The van der Waals surface area contributed by atoms with Crippen LogP contribution in [0, 0.1) is 23.0 Å². The number of fused-ring (bicyclic) bond motifs is 1. The van der Waals surface area contributed by atoms with E-state index in [1.807, 2.05) is 6.07 Å². The molecule has 0 aliphatic carbocycles. The van der Waals surface area contributed by atoms with Crippen LogP contribution in [-0.2, 0) is 4.79 Å². The fraction of sp³-hybridized carbons (Fsp3) is 0.0833.